The van der Waals surface area contributed by atoms with Crippen molar-refractivity contribution in [3.8, 4) is 0 Å². The van der Waals surface area contributed by atoms with Crippen LogP contribution in [0.15, 0.2) is 0 Å². The minimum atomic E-state index is 0.0144. The van der Waals surface area contributed by atoms with Crippen molar-refractivity contribution < 1.29 is 0 Å². The monoisotopic (exact) mass is 285 g/mol. The van der Waals surface area contributed by atoms with E-state index in [2.05, 4.69) is 54.1 Å². The molecule has 0 aliphatic carbocycles. The smallest absolute Gasteiger partial charge is 0.166 e. The first kappa shape index (κ1) is 11.9. The number of rotatable bonds is 5. The predicted molar refractivity (Wildman–Crippen MR) is 63.9 cm³/mol. The van der Waals surface area contributed by atoms with Gasteiger partial charge in [0.05, 0.1) is 0 Å². The second-order valence-electron chi connectivity index (χ2n) is 3.15. The molecule has 0 amide bonds. The summed E-state index contributed by atoms with van der Waals surface area (Å²) in [6, 6.07) is 1.60. The maximum atomic E-state index is 2.70. The highest BCUT2D eigenvalue weighted by Crippen LogP contribution is 2.11. The summed E-state index contributed by atoms with van der Waals surface area (Å²) in [5, 5.41) is 0. The lowest BCUT2D eigenvalue weighted by Crippen LogP contribution is -2.40. The van der Waals surface area contributed by atoms with Crippen molar-refractivity contribution in [3.63, 3.8) is 0 Å². The van der Waals surface area contributed by atoms with E-state index < -0.39 is 0 Å². The number of hydrogen-bond donors (Lipinski definition) is 0. The number of halogens is 1. The Bertz CT molecular complexity index is 90.1. The van der Waals surface area contributed by atoms with Gasteiger partial charge in [-0.05, 0) is 12.8 Å². The Balaban J connectivity index is 3.92. The first-order valence-corrected chi connectivity index (χ1v) is 10.2. The van der Waals surface area contributed by atoms with Crippen molar-refractivity contribution in [2.45, 2.75) is 52.6 Å². The number of nitrogens with zero attached hydrogens (tertiary/aromatic N) is 1. The Morgan fingerprint density at radius 1 is 1.18 bits per heavy atom. The summed E-state index contributed by atoms with van der Waals surface area (Å²) in [4.78, 5) is 0. The van der Waals surface area contributed by atoms with Crippen LogP contribution >= 0.6 is 21.8 Å². The molecule has 0 rings (SSSR count). The molecule has 0 aliphatic rings. The van der Waals surface area contributed by atoms with Crippen LogP contribution in [0.5, 0.6) is 0 Å². The first-order valence-electron chi connectivity index (χ1n) is 4.49. The lowest BCUT2D eigenvalue weighted by atomic mass is 10.2. The summed E-state index contributed by atoms with van der Waals surface area (Å²) < 4.78 is 2.70. The van der Waals surface area contributed by atoms with E-state index >= 15 is 0 Å². The van der Waals surface area contributed by atoms with Gasteiger partial charge in [0, 0.05) is 12.1 Å². The molecule has 2 unspecified atom stereocenters. The van der Waals surface area contributed by atoms with Crippen LogP contribution in [0.2, 0.25) is 0 Å². The molecule has 0 fully saturated rings. The van der Waals surface area contributed by atoms with Gasteiger partial charge in [0.25, 0.3) is 0 Å². The standard InChI is InChI=1S/C8H20INSi/c1-5-7(3)10(11-9)8(4)6-2/h7-8H,5-6,11H2,1-4H3. The van der Waals surface area contributed by atoms with Crippen molar-refractivity contribution in [3.05, 3.63) is 0 Å². The van der Waals surface area contributed by atoms with E-state index in [9.17, 15) is 0 Å². The third-order valence-corrected chi connectivity index (χ3v) is 6.34. The van der Waals surface area contributed by atoms with E-state index in [0.29, 0.717) is 0 Å². The lowest BCUT2D eigenvalue weighted by molar-refractivity contribution is 0.274. The minimum absolute atomic E-state index is 0.0144. The van der Waals surface area contributed by atoms with Crippen LogP contribution in [-0.2, 0) is 0 Å². The molecule has 0 aromatic rings. The molecule has 0 saturated carbocycles. The minimum Gasteiger partial charge on any atom is -0.315 e. The normalized spacial score (nSPS) is 18.0. The SMILES string of the molecule is CCC(C)N([SiH2]I)C(C)CC. The van der Waals surface area contributed by atoms with E-state index in [4.69, 9.17) is 0 Å². The van der Waals surface area contributed by atoms with Crippen LogP contribution in [0.1, 0.15) is 40.5 Å². The predicted octanol–water partition coefficient (Wildman–Crippen LogP) is 2.32. The molecule has 0 N–H and O–H groups in total. The van der Waals surface area contributed by atoms with Gasteiger partial charge in [0.1, 0.15) is 0 Å². The van der Waals surface area contributed by atoms with Gasteiger partial charge in [0.2, 0.25) is 0 Å². The molecule has 2 atom stereocenters. The molecule has 68 valence electrons. The van der Waals surface area contributed by atoms with Gasteiger partial charge in [-0.15, -0.1) is 21.8 Å². The second kappa shape index (κ2) is 6.43. The quantitative estimate of drug-likeness (QED) is 0.426. The maximum absolute atomic E-state index is 2.70. The number of hydrogen-bond acceptors (Lipinski definition) is 1. The van der Waals surface area contributed by atoms with E-state index in [1.807, 2.05) is 0 Å². The third-order valence-electron chi connectivity index (χ3n) is 2.45. The average molecular weight is 285 g/mol. The molecule has 0 bridgehead atoms. The van der Waals surface area contributed by atoms with Gasteiger partial charge in [0.15, 0.2) is 7.18 Å². The molecular formula is C8H20INSi. The first-order chi connectivity index (χ1) is 5.17. The molecular weight excluding hydrogens is 265 g/mol. The fraction of sp³-hybridized carbons (Fsp3) is 1.00. The summed E-state index contributed by atoms with van der Waals surface area (Å²) in [5.74, 6) is 0. The molecule has 3 heteroatoms. The summed E-state index contributed by atoms with van der Waals surface area (Å²) in [6.45, 7) is 9.25. The molecule has 1 nitrogen and oxygen atoms in total. The summed E-state index contributed by atoms with van der Waals surface area (Å²) in [5.41, 5.74) is 0. The molecule has 0 aliphatic heterocycles. The van der Waals surface area contributed by atoms with Gasteiger partial charge in [-0.2, -0.15) is 0 Å². The lowest BCUT2D eigenvalue weighted by Gasteiger charge is -2.31. The van der Waals surface area contributed by atoms with Gasteiger partial charge in [-0.25, -0.2) is 0 Å². The highest BCUT2D eigenvalue weighted by molar-refractivity contribution is 14.1. The van der Waals surface area contributed by atoms with Gasteiger partial charge < -0.3 is 4.57 Å². The fourth-order valence-electron chi connectivity index (χ4n) is 1.14. The van der Waals surface area contributed by atoms with Crippen LogP contribution in [-0.4, -0.2) is 23.8 Å². The van der Waals surface area contributed by atoms with E-state index in [-0.39, 0.29) is 7.18 Å². The Morgan fingerprint density at radius 2 is 1.55 bits per heavy atom. The van der Waals surface area contributed by atoms with E-state index in [1.54, 1.807) is 0 Å². The van der Waals surface area contributed by atoms with Gasteiger partial charge >= 0.3 is 0 Å². The van der Waals surface area contributed by atoms with Crippen molar-refractivity contribution in [1.82, 2.24) is 4.57 Å². The molecule has 0 aromatic heterocycles. The van der Waals surface area contributed by atoms with Crippen LogP contribution in [0.3, 0.4) is 0 Å². The Hall–Kier alpha value is 0.907. The van der Waals surface area contributed by atoms with Crippen LogP contribution in [0.25, 0.3) is 0 Å². The second-order valence-corrected chi connectivity index (χ2v) is 6.16. The zero-order chi connectivity index (χ0) is 8.85. The Kier molecular flexibility index (Phi) is 6.96. The summed E-state index contributed by atoms with van der Waals surface area (Å²) in [7, 11) is 0.0144. The van der Waals surface area contributed by atoms with E-state index in [0.717, 1.165) is 12.1 Å². The van der Waals surface area contributed by atoms with Crippen LogP contribution < -0.4 is 0 Å². The fourth-order valence-corrected chi connectivity index (χ4v) is 6.16. The zero-order valence-electron chi connectivity index (χ0n) is 8.10. The topological polar surface area (TPSA) is 3.24 Å². The Labute approximate surface area is 86.0 Å². The van der Waals surface area contributed by atoms with Crippen LogP contribution in [0, 0.1) is 0 Å². The molecule has 0 radical (unpaired) electrons. The highest BCUT2D eigenvalue weighted by Gasteiger charge is 2.15. The largest absolute Gasteiger partial charge is 0.315 e. The maximum Gasteiger partial charge on any atom is 0.166 e. The molecule has 11 heavy (non-hydrogen) atoms. The average Bonchev–Trinajstić information content (AvgIpc) is 2.05. The van der Waals surface area contributed by atoms with Crippen molar-refractivity contribution in [2.24, 2.45) is 0 Å². The van der Waals surface area contributed by atoms with E-state index in [1.165, 1.54) is 12.8 Å². The van der Waals surface area contributed by atoms with Crippen molar-refractivity contribution in [2.75, 3.05) is 0 Å². The van der Waals surface area contributed by atoms with Crippen molar-refractivity contribution in [1.29, 1.82) is 0 Å². The Morgan fingerprint density at radius 3 is 1.73 bits per heavy atom. The van der Waals surface area contributed by atoms with Gasteiger partial charge in [-0.3, -0.25) is 0 Å². The summed E-state index contributed by atoms with van der Waals surface area (Å²) >= 11 is 2.59. The zero-order valence-corrected chi connectivity index (χ0v) is 11.7. The molecule has 0 spiro atoms. The van der Waals surface area contributed by atoms with Crippen LogP contribution in [0.4, 0.5) is 0 Å². The summed E-state index contributed by atoms with van der Waals surface area (Å²) in [6.07, 6.45) is 2.58. The van der Waals surface area contributed by atoms with Gasteiger partial charge in [-0.1, -0.05) is 27.7 Å². The molecule has 0 heterocycles. The highest BCUT2D eigenvalue weighted by atomic mass is 127. The third kappa shape index (κ3) is 3.89. The van der Waals surface area contributed by atoms with Crippen molar-refractivity contribution >= 4 is 29.0 Å². The molecule has 0 aromatic carbocycles. The molecule has 0 saturated heterocycles.